The number of hydrogen-bond acceptors (Lipinski definition) is 5. The van der Waals surface area contributed by atoms with Gasteiger partial charge < -0.3 is 19.3 Å². The molecule has 3 heterocycles. The first-order valence-corrected chi connectivity index (χ1v) is 10.5. The molecule has 2 aromatic heterocycles. The van der Waals surface area contributed by atoms with Crippen LogP contribution in [0, 0.1) is 26.6 Å². The molecule has 168 valence electrons. The van der Waals surface area contributed by atoms with Gasteiger partial charge in [0.15, 0.2) is 5.82 Å². The van der Waals surface area contributed by atoms with E-state index >= 15 is 0 Å². The number of nitrogens with zero attached hydrogens (tertiary/aromatic N) is 4. The van der Waals surface area contributed by atoms with Crippen molar-refractivity contribution < 1.29 is 18.5 Å². The lowest BCUT2D eigenvalue weighted by atomic mass is 10.2. The van der Waals surface area contributed by atoms with E-state index in [0.717, 1.165) is 5.69 Å². The van der Waals surface area contributed by atoms with Crippen molar-refractivity contribution in [2.75, 3.05) is 38.0 Å². The molecule has 0 atom stereocenters. The van der Waals surface area contributed by atoms with Crippen LogP contribution < -0.4 is 5.32 Å². The van der Waals surface area contributed by atoms with Gasteiger partial charge in [0.2, 0.25) is 5.91 Å². The van der Waals surface area contributed by atoms with Gasteiger partial charge >= 0.3 is 0 Å². The number of hydrogen-bond donors (Lipinski definition) is 1. The Bertz CT molecular complexity index is 1140. The first kappa shape index (κ1) is 21.8. The third-order valence-electron chi connectivity index (χ3n) is 5.68. The smallest absolute Gasteiger partial charge is 0.255 e. The van der Waals surface area contributed by atoms with Gasteiger partial charge in [0, 0.05) is 43.6 Å². The minimum Gasteiger partial charge on any atom is -0.360 e. The lowest BCUT2D eigenvalue weighted by Crippen LogP contribution is -2.50. The summed E-state index contributed by atoms with van der Waals surface area (Å²) in [6, 6.07) is 10.0. The summed E-state index contributed by atoms with van der Waals surface area (Å²) in [4.78, 5) is 29.2. The molecule has 3 aromatic rings. The van der Waals surface area contributed by atoms with Crippen LogP contribution in [0.5, 0.6) is 0 Å². The molecule has 2 amide bonds. The summed E-state index contributed by atoms with van der Waals surface area (Å²) in [5.74, 6) is 0.434. The molecule has 0 unspecified atom stereocenters. The van der Waals surface area contributed by atoms with Crippen LogP contribution in [0.4, 0.5) is 10.2 Å². The van der Waals surface area contributed by atoms with Crippen LogP contribution >= 0.6 is 0 Å². The van der Waals surface area contributed by atoms with Gasteiger partial charge in [-0.25, -0.2) is 4.39 Å². The average molecular weight is 439 g/mol. The fourth-order valence-electron chi connectivity index (χ4n) is 4.07. The number of benzene rings is 1. The van der Waals surface area contributed by atoms with Crippen molar-refractivity contribution >= 4 is 17.6 Å². The third-order valence-corrected chi connectivity index (χ3v) is 5.68. The number of para-hydroxylation sites is 1. The summed E-state index contributed by atoms with van der Waals surface area (Å²) >= 11 is 0. The fourth-order valence-corrected chi connectivity index (χ4v) is 4.07. The lowest BCUT2D eigenvalue weighted by Gasteiger charge is -2.34. The SMILES string of the molecule is Cc1cc(NC(=O)CN2CCN(C(=O)c3cc(C)n(-c4ccccc4F)c3C)CC2)no1. The van der Waals surface area contributed by atoms with E-state index in [9.17, 15) is 14.0 Å². The molecule has 0 spiro atoms. The number of nitrogens with one attached hydrogen (secondary N) is 1. The molecular formula is C23H26FN5O3. The quantitative estimate of drug-likeness (QED) is 0.661. The molecule has 1 saturated heterocycles. The van der Waals surface area contributed by atoms with Gasteiger partial charge in [0.05, 0.1) is 17.8 Å². The van der Waals surface area contributed by atoms with Crippen LogP contribution in [0.15, 0.2) is 40.9 Å². The molecule has 8 nitrogen and oxygen atoms in total. The minimum absolute atomic E-state index is 0.0807. The Kier molecular flexibility index (Phi) is 6.09. The molecule has 9 heteroatoms. The number of carbonyl (C=O) groups is 2. The maximum absolute atomic E-state index is 14.3. The van der Waals surface area contributed by atoms with Crippen molar-refractivity contribution in [3.63, 3.8) is 0 Å². The Hall–Kier alpha value is -3.46. The van der Waals surface area contributed by atoms with Crippen molar-refractivity contribution in [3.8, 4) is 5.69 Å². The zero-order chi connectivity index (χ0) is 22.8. The highest BCUT2D eigenvalue weighted by Gasteiger charge is 2.26. The number of rotatable bonds is 5. The van der Waals surface area contributed by atoms with E-state index < -0.39 is 0 Å². The second kappa shape index (κ2) is 8.96. The van der Waals surface area contributed by atoms with Gasteiger partial charge in [-0.05, 0) is 39.0 Å². The number of carbonyl (C=O) groups excluding carboxylic acids is 2. The van der Waals surface area contributed by atoms with E-state index in [4.69, 9.17) is 4.52 Å². The number of anilines is 1. The molecular weight excluding hydrogens is 413 g/mol. The molecule has 1 aliphatic rings. The molecule has 4 rings (SSSR count). The molecule has 1 N–H and O–H groups in total. The van der Waals surface area contributed by atoms with E-state index in [1.165, 1.54) is 6.07 Å². The summed E-state index contributed by atoms with van der Waals surface area (Å²) in [6.07, 6.45) is 0. The molecule has 1 aliphatic heterocycles. The standard InChI is InChI=1S/C23H26FN5O3/c1-15-12-18(17(3)29(15)20-7-5-4-6-19(20)24)23(31)28-10-8-27(9-11-28)14-22(30)25-21-13-16(2)32-26-21/h4-7,12-13H,8-11,14H2,1-3H3,(H,25,26,30). The molecule has 1 aromatic carbocycles. The summed E-state index contributed by atoms with van der Waals surface area (Å²) in [6.45, 7) is 7.87. The minimum atomic E-state index is -0.332. The Morgan fingerprint density at radius 2 is 1.81 bits per heavy atom. The van der Waals surface area contributed by atoms with Crippen molar-refractivity contribution in [2.45, 2.75) is 20.8 Å². The van der Waals surface area contributed by atoms with E-state index in [1.54, 1.807) is 40.7 Å². The van der Waals surface area contributed by atoms with Crippen LogP contribution in [0.25, 0.3) is 5.69 Å². The van der Waals surface area contributed by atoms with Gasteiger partial charge in [-0.3, -0.25) is 14.5 Å². The first-order chi connectivity index (χ1) is 15.3. The van der Waals surface area contributed by atoms with E-state index in [1.807, 2.05) is 24.8 Å². The maximum atomic E-state index is 14.3. The summed E-state index contributed by atoms with van der Waals surface area (Å²) in [7, 11) is 0. The normalized spacial score (nSPS) is 14.6. The largest absolute Gasteiger partial charge is 0.360 e. The second-order valence-electron chi connectivity index (χ2n) is 8.01. The number of halogens is 1. The summed E-state index contributed by atoms with van der Waals surface area (Å²) in [5.41, 5.74) is 2.51. The first-order valence-electron chi connectivity index (χ1n) is 10.5. The zero-order valence-electron chi connectivity index (χ0n) is 18.4. The Labute approximate surface area is 185 Å². The number of aryl methyl sites for hydroxylation is 2. The Morgan fingerprint density at radius 3 is 2.47 bits per heavy atom. The molecule has 0 radical (unpaired) electrons. The van der Waals surface area contributed by atoms with Crippen LogP contribution in [0.3, 0.4) is 0 Å². The Balaban J connectivity index is 1.38. The van der Waals surface area contributed by atoms with Crippen molar-refractivity contribution in [1.29, 1.82) is 0 Å². The van der Waals surface area contributed by atoms with E-state index in [2.05, 4.69) is 10.5 Å². The molecule has 0 saturated carbocycles. The molecule has 32 heavy (non-hydrogen) atoms. The molecule has 0 aliphatic carbocycles. The van der Waals surface area contributed by atoms with Crippen LogP contribution in [0.1, 0.15) is 27.5 Å². The fraction of sp³-hybridized carbons (Fsp3) is 0.348. The highest BCUT2D eigenvalue weighted by atomic mass is 19.1. The number of amides is 2. The van der Waals surface area contributed by atoms with E-state index in [0.29, 0.717) is 54.7 Å². The average Bonchev–Trinajstić information content (AvgIpc) is 3.30. The maximum Gasteiger partial charge on any atom is 0.255 e. The number of aromatic nitrogens is 2. The van der Waals surface area contributed by atoms with Gasteiger partial charge in [-0.15, -0.1) is 0 Å². The van der Waals surface area contributed by atoms with Gasteiger partial charge in [0.25, 0.3) is 5.91 Å². The predicted molar refractivity (Wildman–Crippen MR) is 117 cm³/mol. The topological polar surface area (TPSA) is 83.6 Å². The van der Waals surface area contributed by atoms with Gasteiger partial charge in [-0.1, -0.05) is 17.3 Å². The van der Waals surface area contributed by atoms with Crippen molar-refractivity contribution in [1.82, 2.24) is 19.5 Å². The van der Waals surface area contributed by atoms with Gasteiger partial charge in [-0.2, -0.15) is 0 Å². The number of piperazine rings is 1. The predicted octanol–water partition coefficient (Wildman–Crippen LogP) is 2.93. The highest BCUT2D eigenvalue weighted by Crippen LogP contribution is 2.24. The van der Waals surface area contributed by atoms with Crippen molar-refractivity contribution in [2.24, 2.45) is 0 Å². The van der Waals surface area contributed by atoms with Gasteiger partial charge in [0.1, 0.15) is 11.6 Å². The zero-order valence-corrected chi connectivity index (χ0v) is 18.4. The molecule has 0 bridgehead atoms. The highest BCUT2D eigenvalue weighted by molar-refractivity contribution is 5.96. The monoisotopic (exact) mass is 439 g/mol. The van der Waals surface area contributed by atoms with Crippen LogP contribution in [0.2, 0.25) is 0 Å². The molecule has 1 fully saturated rings. The second-order valence-corrected chi connectivity index (χ2v) is 8.01. The Morgan fingerprint density at radius 1 is 1.09 bits per heavy atom. The summed E-state index contributed by atoms with van der Waals surface area (Å²) < 4.78 is 21.0. The third kappa shape index (κ3) is 4.43. The van der Waals surface area contributed by atoms with Crippen molar-refractivity contribution in [3.05, 3.63) is 64.9 Å². The lowest BCUT2D eigenvalue weighted by molar-refractivity contribution is -0.117. The summed E-state index contributed by atoms with van der Waals surface area (Å²) in [5, 5.41) is 6.47. The van der Waals surface area contributed by atoms with Crippen LogP contribution in [-0.4, -0.2) is 64.1 Å². The van der Waals surface area contributed by atoms with Crippen LogP contribution in [-0.2, 0) is 4.79 Å². The van der Waals surface area contributed by atoms with E-state index in [-0.39, 0.29) is 24.2 Å².